The van der Waals surface area contributed by atoms with E-state index in [2.05, 4.69) is 0 Å². The Hall–Kier alpha value is -2.65. The molecule has 10 heteroatoms. The molecule has 8 nitrogen and oxygen atoms in total. The van der Waals surface area contributed by atoms with E-state index in [4.69, 9.17) is 21.4 Å². The van der Waals surface area contributed by atoms with Gasteiger partial charge < -0.3 is 19.6 Å². The van der Waals surface area contributed by atoms with Gasteiger partial charge in [0.25, 0.3) is 10.0 Å². The molecule has 2 aliphatic rings. The fraction of sp³-hybridized carbons (Fsp3) is 0.316. The largest absolute Gasteiger partial charge is 0.487 e. The summed E-state index contributed by atoms with van der Waals surface area (Å²) in [7, 11) is -3.77. The van der Waals surface area contributed by atoms with E-state index in [0.717, 1.165) is 0 Å². The maximum atomic E-state index is 13.2. The normalized spacial score (nSPS) is 16.9. The molecule has 0 atom stereocenters. The van der Waals surface area contributed by atoms with E-state index in [1.54, 1.807) is 42.5 Å². The Balaban J connectivity index is 1.71. The number of sulfonamides is 1. The average Bonchev–Trinajstić information content (AvgIpc) is 2.73. The Labute approximate surface area is 173 Å². The molecule has 1 N–H and O–H groups in total. The number of hydrogen-bond acceptors (Lipinski definition) is 5. The quantitative estimate of drug-likeness (QED) is 0.794. The van der Waals surface area contributed by atoms with Crippen LogP contribution in [0.5, 0.6) is 5.75 Å². The highest BCUT2D eigenvalue weighted by molar-refractivity contribution is 7.92. The number of carboxylic acid groups (broad SMARTS) is 1. The fourth-order valence-electron chi connectivity index (χ4n) is 3.59. The van der Waals surface area contributed by atoms with Crippen molar-refractivity contribution in [3.63, 3.8) is 0 Å². The van der Waals surface area contributed by atoms with Crippen LogP contribution in [0.25, 0.3) is 0 Å². The van der Waals surface area contributed by atoms with Crippen LogP contribution in [0.2, 0.25) is 5.02 Å². The molecule has 0 aliphatic carbocycles. The van der Waals surface area contributed by atoms with Crippen LogP contribution in [0.4, 0.5) is 16.2 Å². The predicted molar refractivity (Wildman–Crippen MR) is 110 cm³/mol. The van der Waals surface area contributed by atoms with Crippen molar-refractivity contribution in [3.05, 3.63) is 47.5 Å². The smallest absolute Gasteiger partial charge is 0.407 e. The van der Waals surface area contributed by atoms with Crippen molar-refractivity contribution >= 4 is 39.1 Å². The highest BCUT2D eigenvalue weighted by Gasteiger charge is 2.33. The number of anilines is 2. The van der Waals surface area contributed by atoms with Crippen LogP contribution in [0.1, 0.15) is 0 Å². The lowest BCUT2D eigenvalue weighted by atomic mass is 10.2. The first-order valence-electron chi connectivity index (χ1n) is 9.15. The number of rotatable bonds is 3. The Bertz CT molecular complexity index is 1020. The highest BCUT2D eigenvalue weighted by Crippen LogP contribution is 2.44. The fourth-order valence-corrected chi connectivity index (χ4v) is 5.26. The molecule has 2 heterocycles. The zero-order chi connectivity index (χ0) is 20.6. The molecule has 1 amide bonds. The standard InChI is InChI=1S/C19H20ClN3O5S/c20-14-12-16(21-6-8-22(9-7-21)19(24)25)18-17(13-14)23(10-11-28-18)29(26,27)15-4-2-1-3-5-15/h1-5,12-13H,6-11H2,(H,24,25). The Morgan fingerprint density at radius 2 is 1.66 bits per heavy atom. The van der Waals surface area contributed by atoms with Crippen LogP contribution in [-0.2, 0) is 10.0 Å². The highest BCUT2D eigenvalue weighted by atomic mass is 35.5. The summed E-state index contributed by atoms with van der Waals surface area (Å²) in [5.74, 6) is 0.448. The molecule has 4 rings (SSSR count). The van der Waals surface area contributed by atoms with Crippen LogP contribution in [0, 0.1) is 0 Å². The number of halogens is 1. The number of fused-ring (bicyclic) bond motifs is 1. The van der Waals surface area contributed by atoms with Crippen molar-refractivity contribution < 1.29 is 23.1 Å². The van der Waals surface area contributed by atoms with Crippen LogP contribution in [0.15, 0.2) is 47.4 Å². The van der Waals surface area contributed by atoms with E-state index in [-0.39, 0.29) is 18.0 Å². The molecule has 154 valence electrons. The molecule has 2 aromatic carbocycles. The number of ether oxygens (including phenoxy) is 1. The molecule has 0 radical (unpaired) electrons. The second-order valence-corrected chi connectivity index (χ2v) is 9.07. The van der Waals surface area contributed by atoms with Crippen molar-refractivity contribution in [2.24, 2.45) is 0 Å². The zero-order valence-corrected chi connectivity index (χ0v) is 17.1. The minimum absolute atomic E-state index is 0.177. The summed E-state index contributed by atoms with van der Waals surface area (Å²) in [6, 6.07) is 11.6. The van der Waals surface area contributed by atoms with Gasteiger partial charge in [0.1, 0.15) is 6.61 Å². The first kappa shape index (κ1) is 19.7. The second kappa shape index (κ2) is 7.64. The first-order chi connectivity index (χ1) is 13.9. The van der Waals surface area contributed by atoms with Crippen molar-refractivity contribution in [2.75, 3.05) is 48.5 Å². The van der Waals surface area contributed by atoms with Crippen molar-refractivity contribution in [1.29, 1.82) is 0 Å². The summed E-state index contributed by atoms with van der Waals surface area (Å²) in [6.07, 6.45) is -0.950. The molecule has 0 bridgehead atoms. The van der Waals surface area contributed by atoms with E-state index >= 15 is 0 Å². The summed E-state index contributed by atoms with van der Waals surface area (Å²) < 4.78 is 33.6. The predicted octanol–water partition coefficient (Wildman–Crippen LogP) is 2.73. The number of nitrogens with zero attached hydrogens (tertiary/aromatic N) is 3. The van der Waals surface area contributed by atoms with E-state index in [0.29, 0.717) is 48.3 Å². The molecule has 2 aliphatic heterocycles. The maximum absolute atomic E-state index is 13.2. The molecular formula is C19H20ClN3O5S. The van der Waals surface area contributed by atoms with Gasteiger partial charge in [-0.1, -0.05) is 29.8 Å². The second-order valence-electron chi connectivity index (χ2n) is 6.77. The Morgan fingerprint density at radius 1 is 1.00 bits per heavy atom. The minimum atomic E-state index is -3.77. The summed E-state index contributed by atoms with van der Waals surface area (Å²) in [5.41, 5.74) is 1.06. The van der Waals surface area contributed by atoms with Gasteiger partial charge in [-0.05, 0) is 24.3 Å². The van der Waals surface area contributed by atoms with Gasteiger partial charge in [0.05, 0.1) is 22.8 Å². The third kappa shape index (κ3) is 3.67. The number of piperazine rings is 1. The van der Waals surface area contributed by atoms with Crippen molar-refractivity contribution in [2.45, 2.75) is 4.90 Å². The molecule has 0 spiro atoms. The summed E-state index contributed by atoms with van der Waals surface area (Å²) in [4.78, 5) is 14.7. The van der Waals surface area contributed by atoms with Gasteiger partial charge in [0.2, 0.25) is 0 Å². The summed E-state index contributed by atoms with van der Waals surface area (Å²) in [5, 5.41) is 9.54. The van der Waals surface area contributed by atoms with Gasteiger partial charge in [-0.3, -0.25) is 4.31 Å². The third-order valence-corrected chi connectivity index (χ3v) is 7.09. The Morgan fingerprint density at radius 3 is 2.31 bits per heavy atom. The number of hydrogen-bond donors (Lipinski definition) is 1. The number of carbonyl (C=O) groups is 1. The topological polar surface area (TPSA) is 90.4 Å². The zero-order valence-electron chi connectivity index (χ0n) is 15.5. The lowest BCUT2D eigenvalue weighted by Gasteiger charge is -2.38. The maximum Gasteiger partial charge on any atom is 0.407 e. The van der Waals surface area contributed by atoms with Crippen LogP contribution < -0.4 is 13.9 Å². The molecule has 2 aromatic rings. The third-order valence-electron chi connectivity index (χ3n) is 5.05. The molecule has 29 heavy (non-hydrogen) atoms. The first-order valence-corrected chi connectivity index (χ1v) is 11.0. The monoisotopic (exact) mass is 437 g/mol. The van der Waals surface area contributed by atoms with Crippen LogP contribution in [0.3, 0.4) is 0 Å². The molecular weight excluding hydrogens is 418 g/mol. The SMILES string of the molecule is O=C(O)N1CCN(c2cc(Cl)cc3c2OCCN3S(=O)(=O)c2ccccc2)CC1. The van der Waals surface area contributed by atoms with E-state index in [1.165, 1.54) is 9.21 Å². The van der Waals surface area contributed by atoms with Crippen LogP contribution in [-0.4, -0.2) is 63.8 Å². The number of benzene rings is 2. The molecule has 0 saturated carbocycles. The van der Waals surface area contributed by atoms with E-state index < -0.39 is 16.1 Å². The lowest BCUT2D eigenvalue weighted by molar-refractivity contribution is 0.142. The van der Waals surface area contributed by atoms with Gasteiger partial charge in [-0.15, -0.1) is 0 Å². The summed E-state index contributed by atoms with van der Waals surface area (Å²) >= 11 is 6.33. The molecule has 1 saturated heterocycles. The van der Waals surface area contributed by atoms with E-state index in [9.17, 15) is 13.2 Å². The molecule has 0 unspecified atom stereocenters. The summed E-state index contributed by atoms with van der Waals surface area (Å²) in [6.45, 7) is 2.02. The van der Waals surface area contributed by atoms with Gasteiger partial charge in [0, 0.05) is 31.2 Å². The molecule has 0 aromatic heterocycles. The minimum Gasteiger partial charge on any atom is -0.487 e. The van der Waals surface area contributed by atoms with E-state index in [1.807, 2.05) is 4.90 Å². The Kier molecular flexibility index (Phi) is 5.18. The van der Waals surface area contributed by atoms with Gasteiger partial charge >= 0.3 is 6.09 Å². The van der Waals surface area contributed by atoms with Crippen molar-refractivity contribution in [3.8, 4) is 5.75 Å². The van der Waals surface area contributed by atoms with Crippen LogP contribution >= 0.6 is 11.6 Å². The van der Waals surface area contributed by atoms with Crippen molar-refractivity contribution in [1.82, 2.24) is 4.90 Å². The lowest BCUT2D eigenvalue weighted by Crippen LogP contribution is -2.48. The van der Waals surface area contributed by atoms with Gasteiger partial charge in [-0.25, -0.2) is 13.2 Å². The number of amides is 1. The average molecular weight is 438 g/mol. The van der Waals surface area contributed by atoms with Gasteiger partial charge in [0.15, 0.2) is 5.75 Å². The molecule has 1 fully saturated rings. The van der Waals surface area contributed by atoms with Gasteiger partial charge in [-0.2, -0.15) is 0 Å².